The van der Waals surface area contributed by atoms with Crippen molar-refractivity contribution in [2.75, 3.05) is 5.32 Å². The van der Waals surface area contributed by atoms with Gasteiger partial charge in [-0.1, -0.05) is 24.3 Å². The first kappa shape index (κ1) is 20.8. The average Bonchev–Trinajstić information content (AvgIpc) is 3.54. The number of benzene rings is 2. The Morgan fingerprint density at radius 2 is 1.90 bits per heavy atom. The molecule has 0 amide bonds. The summed E-state index contributed by atoms with van der Waals surface area (Å²) in [5.74, 6) is -1.86. The van der Waals surface area contributed by atoms with E-state index in [2.05, 4.69) is 10.3 Å². The second-order valence-corrected chi connectivity index (χ2v) is 7.46. The number of hydrogen-bond donors (Lipinski definition) is 2. The van der Waals surface area contributed by atoms with Crippen LogP contribution in [-0.4, -0.2) is 16.1 Å². The highest BCUT2D eigenvalue weighted by Crippen LogP contribution is 2.46. The number of hydrogen-bond acceptors (Lipinski definition) is 3. The fourth-order valence-electron chi connectivity index (χ4n) is 3.58. The first-order valence-corrected chi connectivity index (χ1v) is 9.61. The maximum Gasteiger partial charge on any atom is 0.417 e. The van der Waals surface area contributed by atoms with E-state index in [9.17, 15) is 22.4 Å². The van der Waals surface area contributed by atoms with Crippen LogP contribution in [0.15, 0.2) is 60.8 Å². The fourth-order valence-corrected chi connectivity index (χ4v) is 3.58. The number of anilines is 1. The number of alkyl halides is 3. The van der Waals surface area contributed by atoms with Crippen LogP contribution in [0.5, 0.6) is 0 Å². The van der Waals surface area contributed by atoms with E-state index in [0.29, 0.717) is 17.8 Å². The third-order valence-corrected chi connectivity index (χ3v) is 5.35. The lowest BCUT2D eigenvalue weighted by atomic mass is 9.97. The zero-order valence-corrected chi connectivity index (χ0v) is 16.2. The minimum atomic E-state index is -4.52. The molecule has 2 atom stereocenters. The summed E-state index contributed by atoms with van der Waals surface area (Å²) >= 11 is 0. The van der Waals surface area contributed by atoms with Crippen molar-refractivity contribution in [1.29, 1.82) is 0 Å². The molecule has 4 rings (SSSR count). The number of pyridine rings is 1. The van der Waals surface area contributed by atoms with Crippen molar-refractivity contribution in [2.24, 2.45) is 5.92 Å². The van der Waals surface area contributed by atoms with Gasteiger partial charge in [-0.25, -0.2) is 4.39 Å². The van der Waals surface area contributed by atoms with Gasteiger partial charge in [0.1, 0.15) is 5.82 Å². The van der Waals surface area contributed by atoms with Gasteiger partial charge in [0.15, 0.2) is 0 Å². The van der Waals surface area contributed by atoms with Crippen molar-refractivity contribution in [1.82, 2.24) is 4.98 Å². The van der Waals surface area contributed by atoms with Crippen molar-refractivity contribution >= 4 is 11.7 Å². The lowest BCUT2D eigenvalue weighted by Gasteiger charge is -2.14. The second kappa shape index (κ2) is 8.02. The molecular weight excluding hydrogens is 412 g/mol. The van der Waals surface area contributed by atoms with Crippen LogP contribution in [0.4, 0.5) is 23.2 Å². The monoisotopic (exact) mass is 430 g/mol. The molecule has 1 heterocycles. The molecular formula is C23H18F4N2O2. The van der Waals surface area contributed by atoms with Crippen molar-refractivity contribution in [3.8, 4) is 11.1 Å². The van der Waals surface area contributed by atoms with Gasteiger partial charge in [0.2, 0.25) is 0 Å². The van der Waals surface area contributed by atoms with Crippen molar-refractivity contribution < 1.29 is 27.5 Å². The maximum absolute atomic E-state index is 14.3. The topological polar surface area (TPSA) is 62.2 Å². The number of aliphatic carboxylic acids is 1. The van der Waals surface area contributed by atoms with Crippen LogP contribution in [0.2, 0.25) is 0 Å². The molecule has 1 aliphatic rings. The zero-order chi connectivity index (χ0) is 22.2. The first-order valence-electron chi connectivity index (χ1n) is 9.61. The summed E-state index contributed by atoms with van der Waals surface area (Å²) in [6.07, 6.45) is -2.42. The van der Waals surface area contributed by atoms with Gasteiger partial charge < -0.3 is 10.4 Å². The quantitative estimate of drug-likeness (QED) is 0.492. The number of rotatable bonds is 6. The molecule has 1 aliphatic carbocycles. The molecule has 1 fully saturated rings. The highest BCUT2D eigenvalue weighted by atomic mass is 19.4. The van der Waals surface area contributed by atoms with Gasteiger partial charge in [0.25, 0.3) is 0 Å². The van der Waals surface area contributed by atoms with Gasteiger partial charge in [-0.3, -0.25) is 9.78 Å². The minimum absolute atomic E-state index is 0.0142. The average molecular weight is 430 g/mol. The van der Waals surface area contributed by atoms with Crippen LogP contribution in [-0.2, 0) is 17.5 Å². The standard InChI is InChI=1S/C23H18F4N2O2/c24-20-7-5-13(16-3-1-2-4-19(16)23(25,26)27)9-14(20)11-28-15-6-8-21(29-12-15)17-10-18(17)22(30)31/h1-9,12,17-18,28H,10-11H2,(H,30,31)/t17-,18-/m0/s1. The number of nitrogens with one attached hydrogen (secondary N) is 1. The minimum Gasteiger partial charge on any atom is -0.481 e. The summed E-state index contributed by atoms with van der Waals surface area (Å²) in [5.41, 5.74) is 0.978. The molecule has 1 aromatic heterocycles. The van der Waals surface area contributed by atoms with Gasteiger partial charge in [0, 0.05) is 23.7 Å². The molecule has 31 heavy (non-hydrogen) atoms. The predicted molar refractivity (Wildman–Crippen MR) is 107 cm³/mol. The molecule has 1 saturated carbocycles. The SMILES string of the molecule is O=C(O)[C@H]1C[C@@H]1c1ccc(NCc2cc(-c3ccccc3C(F)(F)F)ccc2F)cn1. The summed E-state index contributed by atoms with van der Waals surface area (Å²) < 4.78 is 54.2. The van der Waals surface area contributed by atoms with E-state index in [1.807, 2.05) is 0 Å². The number of nitrogens with zero attached hydrogens (tertiary/aromatic N) is 1. The van der Waals surface area contributed by atoms with Crippen LogP contribution >= 0.6 is 0 Å². The molecule has 3 aromatic rings. The Balaban J connectivity index is 1.50. The Morgan fingerprint density at radius 1 is 1.13 bits per heavy atom. The van der Waals surface area contributed by atoms with Crippen molar-refractivity contribution in [2.45, 2.75) is 25.1 Å². The summed E-state index contributed by atoms with van der Waals surface area (Å²) in [4.78, 5) is 15.2. The Hall–Kier alpha value is -3.42. The van der Waals surface area contributed by atoms with Crippen molar-refractivity contribution in [3.63, 3.8) is 0 Å². The molecule has 0 aliphatic heterocycles. The molecule has 0 radical (unpaired) electrons. The van der Waals surface area contributed by atoms with Gasteiger partial charge in [-0.05, 0) is 47.9 Å². The molecule has 4 nitrogen and oxygen atoms in total. The third kappa shape index (κ3) is 4.52. The smallest absolute Gasteiger partial charge is 0.417 e. The molecule has 8 heteroatoms. The highest BCUT2D eigenvalue weighted by molar-refractivity contribution is 5.75. The van der Waals surface area contributed by atoms with Gasteiger partial charge >= 0.3 is 12.1 Å². The highest BCUT2D eigenvalue weighted by Gasteiger charge is 2.45. The van der Waals surface area contributed by atoms with Crippen LogP contribution in [0.25, 0.3) is 11.1 Å². The molecule has 0 unspecified atom stereocenters. The second-order valence-electron chi connectivity index (χ2n) is 7.46. The molecule has 2 N–H and O–H groups in total. The Bertz CT molecular complexity index is 1110. The summed E-state index contributed by atoms with van der Waals surface area (Å²) in [6, 6.07) is 12.5. The van der Waals surface area contributed by atoms with Gasteiger partial charge in [0.05, 0.1) is 23.4 Å². The number of carboxylic acid groups (broad SMARTS) is 1. The number of carboxylic acids is 1. The van der Waals surface area contributed by atoms with Crippen LogP contribution in [0, 0.1) is 11.7 Å². The Labute approximate surface area is 175 Å². The molecule has 0 bridgehead atoms. The molecule has 0 saturated heterocycles. The van der Waals surface area contributed by atoms with Crippen LogP contribution < -0.4 is 5.32 Å². The van der Waals surface area contributed by atoms with E-state index in [4.69, 9.17) is 5.11 Å². The third-order valence-electron chi connectivity index (χ3n) is 5.35. The van der Waals surface area contributed by atoms with E-state index in [-0.39, 0.29) is 29.2 Å². The number of aromatic nitrogens is 1. The summed E-state index contributed by atoms with van der Waals surface area (Å²) in [5, 5.41) is 12.0. The van der Waals surface area contributed by atoms with Crippen molar-refractivity contribution in [3.05, 3.63) is 83.4 Å². The fraction of sp³-hybridized carbons (Fsp3) is 0.217. The lowest BCUT2D eigenvalue weighted by Crippen LogP contribution is -2.07. The predicted octanol–water partition coefficient (Wildman–Crippen LogP) is 5.71. The summed E-state index contributed by atoms with van der Waals surface area (Å²) in [6.45, 7) is 0.0517. The summed E-state index contributed by atoms with van der Waals surface area (Å²) in [7, 11) is 0. The lowest BCUT2D eigenvalue weighted by molar-refractivity contribution is -0.139. The molecule has 2 aromatic carbocycles. The maximum atomic E-state index is 14.3. The van der Waals surface area contributed by atoms with Crippen LogP contribution in [0.1, 0.15) is 29.2 Å². The van der Waals surface area contributed by atoms with Gasteiger partial charge in [-0.2, -0.15) is 13.2 Å². The molecule has 0 spiro atoms. The number of carbonyl (C=O) groups is 1. The van der Waals surface area contributed by atoms with E-state index < -0.39 is 29.4 Å². The normalized spacial score (nSPS) is 17.9. The first-order chi connectivity index (χ1) is 14.7. The largest absolute Gasteiger partial charge is 0.481 e. The van der Waals surface area contributed by atoms with E-state index in [0.717, 1.165) is 12.1 Å². The van der Waals surface area contributed by atoms with E-state index in [1.165, 1.54) is 36.5 Å². The van der Waals surface area contributed by atoms with Gasteiger partial charge in [-0.15, -0.1) is 0 Å². The van der Waals surface area contributed by atoms with E-state index >= 15 is 0 Å². The number of halogens is 4. The zero-order valence-electron chi connectivity index (χ0n) is 16.2. The van der Waals surface area contributed by atoms with Crippen LogP contribution in [0.3, 0.4) is 0 Å². The van der Waals surface area contributed by atoms with E-state index in [1.54, 1.807) is 12.1 Å². The Kier molecular flexibility index (Phi) is 5.39. The molecule has 160 valence electrons. The Morgan fingerprint density at radius 3 is 2.55 bits per heavy atom.